The van der Waals surface area contributed by atoms with Crippen LogP contribution in [0, 0.1) is 0 Å². The number of sulfone groups is 1. The smallest absolute Gasteiger partial charge is 0.395 e. The molecule has 1 amide bonds. The lowest BCUT2D eigenvalue weighted by atomic mass is 10.1. The molecule has 2 aromatic carbocycles. The summed E-state index contributed by atoms with van der Waals surface area (Å²) in [5.41, 5.74) is 0.997. The number of nitrogens with one attached hydrogen (secondary N) is 1. The van der Waals surface area contributed by atoms with Crippen molar-refractivity contribution in [2.45, 2.75) is 18.8 Å². The zero-order valence-corrected chi connectivity index (χ0v) is 16.0. The van der Waals surface area contributed by atoms with E-state index in [-0.39, 0.29) is 35.5 Å². The Labute approximate surface area is 166 Å². The number of carbonyl (C=O) groups is 1. The monoisotopic (exact) mass is 424 g/mol. The van der Waals surface area contributed by atoms with Crippen LogP contribution in [-0.2, 0) is 14.6 Å². The lowest BCUT2D eigenvalue weighted by Gasteiger charge is -2.28. The molecule has 0 spiro atoms. The van der Waals surface area contributed by atoms with Crippen molar-refractivity contribution in [3.8, 4) is 11.5 Å². The molecule has 2 aromatic rings. The van der Waals surface area contributed by atoms with Crippen LogP contribution in [0.2, 0.25) is 0 Å². The first-order chi connectivity index (χ1) is 13.7. The highest BCUT2D eigenvalue weighted by atomic mass is 32.2. The summed E-state index contributed by atoms with van der Waals surface area (Å²) in [5, 5.41) is 2.87. The van der Waals surface area contributed by atoms with Crippen molar-refractivity contribution >= 4 is 27.1 Å². The van der Waals surface area contributed by atoms with Gasteiger partial charge in [0.15, 0.2) is 21.3 Å². The first-order valence-corrected chi connectivity index (χ1v) is 10.8. The van der Waals surface area contributed by atoms with Crippen LogP contribution in [0.15, 0.2) is 48.5 Å². The van der Waals surface area contributed by atoms with E-state index in [1.54, 1.807) is 30.3 Å². The third kappa shape index (κ3) is 4.26. The van der Waals surface area contributed by atoms with Crippen molar-refractivity contribution < 1.29 is 31.5 Å². The van der Waals surface area contributed by atoms with Gasteiger partial charge in [-0.25, -0.2) is 8.42 Å². The normalized spacial score (nSPS) is 21.0. The Morgan fingerprint density at radius 2 is 1.86 bits per heavy atom. The van der Waals surface area contributed by atoms with E-state index in [1.807, 2.05) is 0 Å². The fourth-order valence-electron chi connectivity index (χ4n) is 3.45. The summed E-state index contributed by atoms with van der Waals surface area (Å²) in [6.45, 7) is -0.151. The van der Waals surface area contributed by atoms with Crippen LogP contribution < -0.4 is 19.7 Å². The summed E-state index contributed by atoms with van der Waals surface area (Å²) in [6, 6.07) is 12.5. The van der Waals surface area contributed by atoms with Crippen LogP contribution in [-0.4, -0.2) is 44.7 Å². The molecular weight excluding hydrogens is 406 g/mol. The number of ether oxygens (including phenoxy) is 2. The van der Waals surface area contributed by atoms with Gasteiger partial charge in [-0.1, -0.05) is 18.2 Å². The van der Waals surface area contributed by atoms with Gasteiger partial charge < -0.3 is 19.7 Å². The van der Waals surface area contributed by atoms with Gasteiger partial charge in [0, 0.05) is 17.4 Å². The van der Waals surface area contributed by atoms with Crippen LogP contribution in [0.1, 0.15) is 6.42 Å². The maximum atomic E-state index is 13.1. The van der Waals surface area contributed by atoms with Gasteiger partial charge in [-0.3, -0.25) is 4.79 Å². The second-order valence-corrected chi connectivity index (χ2v) is 9.07. The number of fused-ring (bicyclic) bond motifs is 1. The van der Waals surface area contributed by atoms with Gasteiger partial charge >= 0.3 is 6.29 Å². The minimum atomic E-state index is -3.71. The van der Waals surface area contributed by atoms with Gasteiger partial charge in [-0.2, -0.15) is 0 Å². The Bertz CT molecular complexity index is 1030. The lowest BCUT2D eigenvalue weighted by molar-refractivity contribution is -0.286. The summed E-state index contributed by atoms with van der Waals surface area (Å²) in [7, 11) is -3.18. The highest BCUT2D eigenvalue weighted by Gasteiger charge is 2.43. The van der Waals surface area contributed by atoms with Crippen molar-refractivity contribution in [2.24, 2.45) is 0 Å². The fraction of sp³-hybridized carbons (Fsp3) is 0.316. The number of benzene rings is 2. The molecule has 1 unspecified atom stereocenters. The van der Waals surface area contributed by atoms with Gasteiger partial charge in [-0.05, 0) is 30.7 Å². The molecule has 0 bridgehead atoms. The van der Waals surface area contributed by atoms with E-state index in [2.05, 4.69) is 14.8 Å². The average molecular weight is 424 g/mol. The van der Waals surface area contributed by atoms with E-state index in [1.165, 1.54) is 23.1 Å². The second kappa shape index (κ2) is 7.18. The molecule has 10 heteroatoms. The van der Waals surface area contributed by atoms with Crippen LogP contribution in [0.5, 0.6) is 11.5 Å². The molecule has 7 nitrogen and oxygen atoms in total. The molecule has 2 heterocycles. The number of hydrogen-bond acceptors (Lipinski definition) is 6. The molecule has 29 heavy (non-hydrogen) atoms. The van der Waals surface area contributed by atoms with E-state index < -0.39 is 22.2 Å². The minimum Gasteiger partial charge on any atom is -0.395 e. The number of anilines is 2. The van der Waals surface area contributed by atoms with Gasteiger partial charge in [-0.15, -0.1) is 8.78 Å². The maximum Gasteiger partial charge on any atom is 0.586 e. The fourth-order valence-corrected chi connectivity index (χ4v) is 5.15. The number of alkyl halides is 2. The number of rotatable bonds is 5. The third-order valence-electron chi connectivity index (χ3n) is 4.72. The molecule has 0 radical (unpaired) electrons. The van der Waals surface area contributed by atoms with Gasteiger partial charge in [0.2, 0.25) is 5.91 Å². The Kier molecular flexibility index (Phi) is 4.81. The number of carbonyl (C=O) groups excluding carboxylic acids is 1. The quantitative estimate of drug-likeness (QED) is 0.795. The van der Waals surface area contributed by atoms with E-state index in [0.29, 0.717) is 17.8 Å². The van der Waals surface area contributed by atoms with Crippen LogP contribution in [0.4, 0.5) is 20.2 Å². The summed E-state index contributed by atoms with van der Waals surface area (Å²) in [6.07, 6.45) is -3.35. The molecular formula is C19H18F2N2O5S. The zero-order valence-electron chi connectivity index (χ0n) is 15.2. The summed E-state index contributed by atoms with van der Waals surface area (Å²) in [4.78, 5) is 14.4. The van der Waals surface area contributed by atoms with Crippen molar-refractivity contribution in [1.82, 2.24) is 0 Å². The van der Waals surface area contributed by atoms with Crippen molar-refractivity contribution in [2.75, 3.05) is 28.3 Å². The molecule has 0 saturated carbocycles. The largest absolute Gasteiger partial charge is 0.586 e. The second-order valence-electron chi connectivity index (χ2n) is 6.84. The third-order valence-corrected chi connectivity index (χ3v) is 6.47. The van der Waals surface area contributed by atoms with Crippen LogP contribution in [0.3, 0.4) is 0 Å². The number of halogens is 2. The minimum absolute atomic E-state index is 0.0398. The van der Waals surface area contributed by atoms with Gasteiger partial charge in [0.1, 0.15) is 0 Å². The Morgan fingerprint density at radius 1 is 1.14 bits per heavy atom. The number of hydrogen-bond donors (Lipinski definition) is 1. The molecule has 0 aliphatic carbocycles. The average Bonchev–Trinajstić information content (AvgIpc) is 3.17. The van der Waals surface area contributed by atoms with Crippen molar-refractivity contribution in [3.05, 3.63) is 48.5 Å². The lowest BCUT2D eigenvalue weighted by Crippen LogP contribution is -2.44. The summed E-state index contributed by atoms with van der Waals surface area (Å²) in [5.74, 6) is -0.602. The van der Waals surface area contributed by atoms with E-state index >= 15 is 0 Å². The first-order valence-electron chi connectivity index (χ1n) is 8.94. The standard InChI is InChI=1S/C19H18F2N2O5S/c20-19(21)27-16-7-6-13(10-17(16)28-19)22-11-18(24)23(14-4-2-1-3-5-14)15-8-9-29(25,26)12-15/h1-7,10,15,22H,8-9,11-12H2. The molecule has 2 aliphatic heterocycles. The molecule has 2 aliphatic rings. The number of nitrogens with zero attached hydrogens (tertiary/aromatic N) is 1. The molecule has 1 atom stereocenters. The topological polar surface area (TPSA) is 84.9 Å². The maximum absolute atomic E-state index is 13.1. The predicted octanol–water partition coefficient (Wildman–Crippen LogP) is 2.64. The Balaban J connectivity index is 1.49. The molecule has 154 valence electrons. The summed E-state index contributed by atoms with van der Waals surface area (Å²) < 4.78 is 58.8. The van der Waals surface area contributed by atoms with Crippen LogP contribution >= 0.6 is 0 Å². The predicted molar refractivity (Wildman–Crippen MR) is 102 cm³/mol. The number of amides is 1. The zero-order chi connectivity index (χ0) is 20.6. The van der Waals surface area contributed by atoms with Crippen molar-refractivity contribution in [3.63, 3.8) is 0 Å². The molecule has 1 fully saturated rings. The van der Waals surface area contributed by atoms with Crippen molar-refractivity contribution in [1.29, 1.82) is 0 Å². The summed E-state index contributed by atoms with van der Waals surface area (Å²) >= 11 is 0. The molecule has 4 rings (SSSR count). The molecule has 1 N–H and O–H groups in total. The first kappa shape index (κ1) is 19.4. The van der Waals surface area contributed by atoms with E-state index in [9.17, 15) is 22.0 Å². The van der Waals surface area contributed by atoms with E-state index in [4.69, 9.17) is 0 Å². The Hall–Kier alpha value is -2.88. The number of para-hydroxylation sites is 1. The SMILES string of the molecule is O=C(CNc1ccc2c(c1)OC(F)(F)O2)N(c1ccccc1)C1CCS(=O)(=O)C1. The van der Waals surface area contributed by atoms with Gasteiger partial charge in [0.05, 0.1) is 24.1 Å². The molecule has 1 saturated heterocycles. The highest BCUT2D eigenvalue weighted by Crippen LogP contribution is 2.42. The molecule has 0 aromatic heterocycles. The van der Waals surface area contributed by atoms with Crippen LogP contribution in [0.25, 0.3) is 0 Å². The Morgan fingerprint density at radius 3 is 2.55 bits per heavy atom. The van der Waals surface area contributed by atoms with Gasteiger partial charge in [0.25, 0.3) is 0 Å². The highest BCUT2D eigenvalue weighted by molar-refractivity contribution is 7.91. The van der Waals surface area contributed by atoms with E-state index in [0.717, 1.165) is 0 Å².